The van der Waals surface area contributed by atoms with Gasteiger partial charge in [-0.2, -0.15) is 11.8 Å². The van der Waals surface area contributed by atoms with Crippen LogP contribution in [-0.4, -0.2) is 40.9 Å². The molecule has 1 atom stereocenters. The average molecular weight is 230 g/mol. The maximum atomic E-state index is 12.1. The molecule has 0 aromatic rings. The molecule has 1 heterocycles. The summed E-state index contributed by atoms with van der Waals surface area (Å²) in [5.74, 6) is 1.09. The highest BCUT2D eigenvalue weighted by Gasteiger charge is 2.36. The molecular weight excluding hydrogens is 208 g/mol. The van der Waals surface area contributed by atoms with Crippen molar-refractivity contribution < 1.29 is 4.79 Å². The summed E-state index contributed by atoms with van der Waals surface area (Å²) in [4.78, 5) is 14.0. The zero-order valence-corrected chi connectivity index (χ0v) is 10.8. The zero-order valence-electron chi connectivity index (χ0n) is 9.95. The topological polar surface area (TPSA) is 46.3 Å². The Balaban J connectivity index is 2.52. The highest BCUT2D eigenvalue weighted by molar-refractivity contribution is 7.98. The van der Waals surface area contributed by atoms with Gasteiger partial charge in [-0.25, -0.2) is 0 Å². The van der Waals surface area contributed by atoms with E-state index in [2.05, 4.69) is 13.8 Å². The van der Waals surface area contributed by atoms with Crippen LogP contribution in [0.3, 0.4) is 0 Å². The molecule has 0 aromatic heterocycles. The monoisotopic (exact) mass is 230 g/mol. The first-order chi connectivity index (χ1) is 6.99. The van der Waals surface area contributed by atoms with E-state index in [1.165, 1.54) is 0 Å². The Kier molecular flexibility index (Phi) is 4.46. The molecule has 1 aliphatic rings. The van der Waals surface area contributed by atoms with E-state index in [1.807, 2.05) is 11.2 Å². The van der Waals surface area contributed by atoms with E-state index in [0.29, 0.717) is 0 Å². The predicted octanol–water partition coefficient (Wildman–Crippen LogP) is 1.47. The van der Waals surface area contributed by atoms with Crippen molar-refractivity contribution in [3.8, 4) is 0 Å². The number of nitrogens with zero attached hydrogens (tertiary/aromatic N) is 1. The molecule has 1 saturated heterocycles. The van der Waals surface area contributed by atoms with Crippen molar-refractivity contribution in [1.82, 2.24) is 4.90 Å². The largest absolute Gasteiger partial charge is 0.336 e. The summed E-state index contributed by atoms with van der Waals surface area (Å²) < 4.78 is 0. The Hall–Kier alpha value is -0.220. The molecule has 1 fully saturated rings. The lowest BCUT2D eigenvalue weighted by Crippen LogP contribution is -2.50. The van der Waals surface area contributed by atoms with E-state index in [0.717, 1.165) is 31.6 Å². The Morgan fingerprint density at radius 3 is 2.73 bits per heavy atom. The first kappa shape index (κ1) is 12.8. The van der Waals surface area contributed by atoms with Gasteiger partial charge >= 0.3 is 0 Å². The summed E-state index contributed by atoms with van der Waals surface area (Å²) in [5, 5.41) is 0. The second kappa shape index (κ2) is 5.21. The van der Waals surface area contributed by atoms with Crippen LogP contribution in [0, 0.1) is 0 Å². The van der Waals surface area contributed by atoms with Crippen molar-refractivity contribution in [3.63, 3.8) is 0 Å². The number of thioether (sulfide) groups is 1. The Morgan fingerprint density at radius 2 is 2.27 bits per heavy atom. The molecule has 3 nitrogen and oxygen atoms in total. The van der Waals surface area contributed by atoms with Crippen molar-refractivity contribution in [3.05, 3.63) is 0 Å². The Labute approximate surface area is 96.8 Å². The van der Waals surface area contributed by atoms with Crippen LogP contribution in [0.4, 0.5) is 0 Å². The fraction of sp³-hybridized carbons (Fsp3) is 0.909. The summed E-state index contributed by atoms with van der Waals surface area (Å²) >= 11 is 1.74. The molecule has 15 heavy (non-hydrogen) atoms. The van der Waals surface area contributed by atoms with Crippen molar-refractivity contribution in [2.24, 2.45) is 5.73 Å². The number of hydrogen-bond donors (Lipinski definition) is 1. The van der Waals surface area contributed by atoms with Gasteiger partial charge < -0.3 is 10.6 Å². The standard InChI is InChI=1S/C11H22N2OS/c1-11(2)6-4-7-13(11)10(14)9(12)5-8-15-3/h9H,4-8,12H2,1-3H3/t9-/m0/s1. The molecular formula is C11H22N2OS. The summed E-state index contributed by atoms with van der Waals surface area (Å²) in [7, 11) is 0. The van der Waals surface area contributed by atoms with Crippen LogP contribution in [0.1, 0.15) is 33.1 Å². The fourth-order valence-electron chi connectivity index (χ4n) is 2.08. The van der Waals surface area contributed by atoms with Crippen LogP contribution in [0.25, 0.3) is 0 Å². The molecule has 0 bridgehead atoms. The Morgan fingerprint density at radius 1 is 1.60 bits per heavy atom. The molecule has 0 unspecified atom stereocenters. The van der Waals surface area contributed by atoms with Crippen molar-refractivity contribution in [1.29, 1.82) is 0 Å². The summed E-state index contributed by atoms with van der Waals surface area (Å²) in [6.45, 7) is 5.12. The van der Waals surface area contributed by atoms with Gasteiger partial charge in [0.25, 0.3) is 0 Å². The highest BCUT2D eigenvalue weighted by Crippen LogP contribution is 2.28. The van der Waals surface area contributed by atoms with Crippen LogP contribution in [0.2, 0.25) is 0 Å². The highest BCUT2D eigenvalue weighted by atomic mass is 32.2. The lowest BCUT2D eigenvalue weighted by Gasteiger charge is -2.33. The van der Waals surface area contributed by atoms with Gasteiger partial charge in [-0.1, -0.05) is 0 Å². The molecule has 4 heteroatoms. The molecule has 0 spiro atoms. The molecule has 0 aliphatic carbocycles. The first-order valence-electron chi connectivity index (χ1n) is 5.55. The van der Waals surface area contributed by atoms with Gasteiger partial charge in [0, 0.05) is 12.1 Å². The smallest absolute Gasteiger partial charge is 0.239 e. The van der Waals surface area contributed by atoms with Crippen LogP contribution >= 0.6 is 11.8 Å². The van der Waals surface area contributed by atoms with Gasteiger partial charge in [-0.15, -0.1) is 0 Å². The number of amides is 1. The van der Waals surface area contributed by atoms with E-state index in [-0.39, 0.29) is 17.5 Å². The summed E-state index contributed by atoms with van der Waals surface area (Å²) in [5.41, 5.74) is 5.91. The minimum atomic E-state index is -0.310. The maximum absolute atomic E-state index is 12.1. The van der Waals surface area contributed by atoms with Gasteiger partial charge in [0.1, 0.15) is 0 Å². The summed E-state index contributed by atoms with van der Waals surface area (Å²) in [6, 6.07) is -0.310. The number of carbonyl (C=O) groups is 1. The van der Waals surface area contributed by atoms with Gasteiger partial charge in [-0.3, -0.25) is 4.79 Å². The lowest BCUT2D eigenvalue weighted by atomic mass is 10.0. The van der Waals surface area contributed by atoms with Crippen LogP contribution in [0.15, 0.2) is 0 Å². The molecule has 1 amide bonds. The number of carbonyl (C=O) groups excluding carboxylic acids is 1. The van der Waals surface area contributed by atoms with Gasteiger partial charge in [0.05, 0.1) is 6.04 Å². The van der Waals surface area contributed by atoms with Crippen molar-refractivity contribution in [2.75, 3.05) is 18.6 Å². The van der Waals surface area contributed by atoms with Gasteiger partial charge in [0.15, 0.2) is 0 Å². The van der Waals surface area contributed by atoms with Crippen molar-refractivity contribution >= 4 is 17.7 Å². The van der Waals surface area contributed by atoms with E-state index in [9.17, 15) is 4.79 Å². The third kappa shape index (κ3) is 3.11. The molecule has 0 radical (unpaired) electrons. The fourth-order valence-corrected chi connectivity index (χ4v) is 2.57. The van der Waals surface area contributed by atoms with E-state index in [4.69, 9.17) is 5.73 Å². The Bertz CT molecular complexity index is 231. The van der Waals surface area contributed by atoms with Crippen molar-refractivity contribution in [2.45, 2.75) is 44.7 Å². The molecule has 1 aliphatic heterocycles. The molecule has 2 N–H and O–H groups in total. The SMILES string of the molecule is CSCC[C@H](N)C(=O)N1CCCC1(C)C. The number of likely N-dealkylation sites (tertiary alicyclic amines) is 1. The normalized spacial score (nSPS) is 21.7. The number of hydrogen-bond acceptors (Lipinski definition) is 3. The molecule has 88 valence electrons. The molecule has 0 saturated carbocycles. The minimum Gasteiger partial charge on any atom is -0.336 e. The van der Waals surface area contributed by atoms with E-state index >= 15 is 0 Å². The summed E-state index contributed by atoms with van der Waals surface area (Å²) in [6.07, 6.45) is 5.02. The van der Waals surface area contributed by atoms with Crippen LogP contribution in [-0.2, 0) is 4.79 Å². The van der Waals surface area contributed by atoms with E-state index < -0.39 is 0 Å². The second-order valence-corrected chi connectivity index (χ2v) is 5.78. The predicted molar refractivity (Wildman–Crippen MR) is 66.0 cm³/mol. The second-order valence-electron chi connectivity index (χ2n) is 4.79. The zero-order chi connectivity index (χ0) is 11.5. The lowest BCUT2D eigenvalue weighted by molar-refractivity contribution is -0.135. The molecule has 0 aromatic carbocycles. The number of rotatable bonds is 4. The third-order valence-corrected chi connectivity index (χ3v) is 3.76. The first-order valence-corrected chi connectivity index (χ1v) is 6.94. The van der Waals surface area contributed by atoms with Crippen LogP contribution < -0.4 is 5.73 Å². The number of nitrogens with two attached hydrogens (primary N) is 1. The van der Waals surface area contributed by atoms with Gasteiger partial charge in [0.2, 0.25) is 5.91 Å². The maximum Gasteiger partial charge on any atom is 0.239 e. The van der Waals surface area contributed by atoms with Crippen LogP contribution in [0.5, 0.6) is 0 Å². The van der Waals surface area contributed by atoms with Gasteiger partial charge in [-0.05, 0) is 45.1 Å². The average Bonchev–Trinajstić information content (AvgIpc) is 2.53. The van der Waals surface area contributed by atoms with E-state index in [1.54, 1.807) is 11.8 Å². The third-order valence-electron chi connectivity index (χ3n) is 3.12. The quantitative estimate of drug-likeness (QED) is 0.795. The molecule has 1 rings (SSSR count). The minimum absolute atomic E-state index is 0.00800.